The normalized spacial score (nSPS) is 15.4. The highest BCUT2D eigenvalue weighted by molar-refractivity contribution is 7.09. The van der Waals surface area contributed by atoms with Gasteiger partial charge in [-0.15, -0.1) is 11.3 Å². The second kappa shape index (κ2) is 11.2. The van der Waals surface area contributed by atoms with Crippen molar-refractivity contribution in [2.45, 2.75) is 51.7 Å². The van der Waals surface area contributed by atoms with Crippen molar-refractivity contribution in [1.82, 2.24) is 19.7 Å². The number of nitrogens with zero attached hydrogens (tertiary/aromatic N) is 5. The van der Waals surface area contributed by atoms with Crippen LogP contribution in [0.5, 0.6) is 0 Å². The van der Waals surface area contributed by atoms with Crippen molar-refractivity contribution in [2.24, 2.45) is 5.16 Å². The first-order valence-electron chi connectivity index (χ1n) is 11.8. The van der Waals surface area contributed by atoms with Gasteiger partial charge in [0.1, 0.15) is 18.9 Å². The lowest BCUT2D eigenvalue weighted by molar-refractivity contribution is -0.142. The van der Waals surface area contributed by atoms with Crippen molar-refractivity contribution >= 4 is 23.0 Å². The summed E-state index contributed by atoms with van der Waals surface area (Å²) >= 11 is 1.57. The number of piperidine rings is 1. The Bertz CT molecular complexity index is 1200. The van der Waals surface area contributed by atoms with Gasteiger partial charge < -0.3 is 9.74 Å². The first-order chi connectivity index (χ1) is 17.2. The molecule has 192 valence electrons. The predicted octanol–water partition coefficient (Wildman–Crippen LogP) is 5.06. The van der Waals surface area contributed by atoms with E-state index >= 15 is 0 Å². The number of benzene rings is 1. The zero-order valence-electron chi connectivity index (χ0n) is 20.2. The Kier molecular flexibility index (Phi) is 8.07. The summed E-state index contributed by atoms with van der Waals surface area (Å²) in [6.45, 7) is 4.72. The maximum Gasteiger partial charge on any atom is 0.435 e. The molecule has 1 fully saturated rings. The van der Waals surface area contributed by atoms with E-state index in [1.54, 1.807) is 16.2 Å². The molecule has 1 aromatic carbocycles. The largest absolute Gasteiger partial charge is 0.435 e. The van der Waals surface area contributed by atoms with Crippen molar-refractivity contribution in [2.75, 3.05) is 19.7 Å². The van der Waals surface area contributed by atoms with Crippen LogP contribution in [0.2, 0.25) is 0 Å². The van der Waals surface area contributed by atoms with Crippen molar-refractivity contribution in [3.8, 4) is 0 Å². The number of likely N-dealkylation sites (tertiary alicyclic amines) is 1. The lowest BCUT2D eigenvalue weighted by Crippen LogP contribution is -2.40. The van der Waals surface area contributed by atoms with Crippen LogP contribution in [0.3, 0.4) is 0 Å². The molecular formula is C25H28F3N5O2S. The number of thiazole rings is 1. The molecule has 2 aromatic heterocycles. The molecule has 0 aliphatic carbocycles. The Labute approximate surface area is 211 Å². The van der Waals surface area contributed by atoms with E-state index in [0.717, 1.165) is 40.7 Å². The number of oxime groups is 1. The van der Waals surface area contributed by atoms with Crippen LogP contribution in [0.1, 0.15) is 53.3 Å². The molecular weight excluding hydrogens is 491 g/mol. The molecule has 0 atom stereocenters. The van der Waals surface area contributed by atoms with Crippen molar-refractivity contribution in [1.29, 1.82) is 0 Å². The van der Waals surface area contributed by atoms with Gasteiger partial charge in [-0.3, -0.25) is 9.48 Å². The number of carbonyl (C=O) groups excluding carboxylic acids is 1. The Balaban J connectivity index is 1.26. The summed E-state index contributed by atoms with van der Waals surface area (Å²) < 4.78 is 39.8. The van der Waals surface area contributed by atoms with E-state index in [2.05, 4.69) is 10.3 Å². The molecule has 1 aliphatic heterocycles. The molecule has 0 spiro atoms. The van der Waals surface area contributed by atoms with Gasteiger partial charge in [-0.2, -0.15) is 18.3 Å². The number of hydrogen-bond acceptors (Lipinski definition) is 6. The highest BCUT2D eigenvalue weighted by Crippen LogP contribution is 2.31. The molecule has 3 heterocycles. The van der Waals surface area contributed by atoms with Gasteiger partial charge >= 0.3 is 6.18 Å². The molecule has 4 rings (SSSR count). The second-order valence-electron chi connectivity index (χ2n) is 8.80. The fraction of sp³-hybridized carbons (Fsp3) is 0.440. The van der Waals surface area contributed by atoms with Crippen LogP contribution in [0, 0.1) is 6.92 Å². The molecule has 36 heavy (non-hydrogen) atoms. The number of aryl methyl sites for hydroxylation is 1. The maximum atomic E-state index is 12.9. The van der Waals surface area contributed by atoms with Crippen molar-refractivity contribution in [3.63, 3.8) is 0 Å². The van der Waals surface area contributed by atoms with E-state index in [1.807, 2.05) is 42.6 Å². The van der Waals surface area contributed by atoms with E-state index in [1.165, 1.54) is 12.5 Å². The van der Waals surface area contributed by atoms with E-state index in [-0.39, 0.29) is 18.4 Å². The average molecular weight is 520 g/mol. The van der Waals surface area contributed by atoms with Gasteiger partial charge in [0.2, 0.25) is 5.91 Å². The van der Waals surface area contributed by atoms with E-state index < -0.39 is 11.9 Å². The SMILES string of the molecule is C/C(=N\OCCc1ccccc1)c1csc(C2CCN(C(=O)Cn3nc(C(F)(F)F)cc3C)CC2)n1. The Morgan fingerprint density at radius 2 is 1.94 bits per heavy atom. The zero-order chi connectivity index (χ0) is 25.7. The maximum absolute atomic E-state index is 12.9. The standard InChI is InChI=1S/C25H28F3N5O2S/c1-17-14-22(25(26,27)28)30-33(17)15-23(34)32-11-8-20(9-12-32)24-29-21(16-36-24)18(2)31-35-13-10-19-6-4-3-5-7-19/h3-7,14,16,20H,8-13,15H2,1-2H3/b31-18+. The Morgan fingerprint density at radius 3 is 2.61 bits per heavy atom. The molecule has 3 aromatic rings. The number of alkyl halides is 3. The number of rotatable bonds is 8. The first-order valence-corrected chi connectivity index (χ1v) is 12.6. The number of hydrogen-bond donors (Lipinski definition) is 0. The van der Waals surface area contributed by atoms with Crippen LogP contribution in [0.25, 0.3) is 0 Å². The number of carbonyl (C=O) groups is 1. The van der Waals surface area contributed by atoms with Crippen LogP contribution >= 0.6 is 11.3 Å². The average Bonchev–Trinajstić information content (AvgIpc) is 3.50. The number of aromatic nitrogens is 3. The Morgan fingerprint density at radius 1 is 1.22 bits per heavy atom. The fourth-order valence-corrected chi connectivity index (χ4v) is 5.09. The van der Waals surface area contributed by atoms with Crippen LogP contribution < -0.4 is 0 Å². The predicted molar refractivity (Wildman–Crippen MR) is 131 cm³/mol. The van der Waals surface area contributed by atoms with Gasteiger partial charge in [0, 0.05) is 36.5 Å². The van der Waals surface area contributed by atoms with Crippen molar-refractivity contribution in [3.05, 3.63) is 69.4 Å². The molecule has 0 saturated carbocycles. The smallest absolute Gasteiger partial charge is 0.395 e. The lowest BCUT2D eigenvalue weighted by Gasteiger charge is -2.31. The van der Waals surface area contributed by atoms with Gasteiger partial charge in [0.15, 0.2) is 5.69 Å². The van der Waals surface area contributed by atoms with Gasteiger partial charge in [-0.25, -0.2) is 4.98 Å². The quantitative estimate of drug-likeness (QED) is 0.237. The van der Waals surface area contributed by atoms with Crippen molar-refractivity contribution < 1.29 is 22.8 Å². The topological polar surface area (TPSA) is 72.6 Å². The minimum Gasteiger partial charge on any atom is -0.395 e. The molecule has 1 saturated heterocycles. The van der Waals surface area contributed by atoms with Gasteiger partial charge in [-0.05, 0) is 38.3 Å². The highest BCUT2D eigenvalue weighted by atomic mass is 32.1. The van der Waals surface area contributed by atoms with E-state index in [0.29, 0.717) is 31.1 Å². The fourth-order valence-electron chi connectivity index (χ4n) is 4.05. The van der Waals surface area contributed by atoms with Gasteiger partial charge in [0.05, 0.1) is 10.7 Å². The third-order valence-corrected chi connectivity index (χ3v) is 7.18. The summed E-state index contributed by atoms with van der Waals surface area (Å²) in [5, 5.41) is 10.7. The third-order valence-electron chi connectivity index (χ3n) is 6.17. The number of amides is 1. The minimum atomic E-state index is -4.53. The highest BCUT2D eigenvalue weighted by Gasteiger charge is 2.35. The minimum absolute atomic E-state index is 0.200. The summed E-state index contributed by atoms with van der Waals surface area (Å²) in [4.78, 5) is 24.6. The summed E-state index contributed by atoms with van der Waals surface area (Å²) in [6.07, 6.45) is -2.26. The molecule has 0 N–H and O–H groups in total. The summed E-state index contributed by atoms with van der Waals surface area (Å²) in [7, 11) is 0. The molecule has 1 amide bonds. The van der Waals surface area contributed by atoms with Crippen LogP contribution in [-0.2, 0) is 28.8 Å². The number of halogens is 3. The zero-order valence-corrected chi connectivity index (χ0v) is 21.0. The molecule has 0 unspecified atom stereocenters. The van der Waals surface area contributed by atoms with Crippen LogP contribution in [-0.4, -0.2) is 51.0 Å². The third kappa shape index (κ3) is 6.51. The van der Waals surface area contributed by atoms with E-state index in [4.69, 9.17) is 9.82 Å². The molecule has 0 radical (unpaired) electrons. The summed E-state index contributed by atoms with van der Waals surface area (Å²) in [6, 6.07) is 11.0. The molecule has 11 heteroatoms. The lowest BCUT2D eigenvalue weighted by atomic mass is 9.97. The molecule has 0 bridgehead atoms. The monoisotopic (exact) mass is 519 g/mol. The second-order valence-corrected chi connectivity index (χ2v) is 9.69. The molecule has 7 nitrogen and oxygen atoms in total. The summed E-state index contributed by atoms with van der Waals surface area (Å²) in [5.74, 6) is -0.00768. The van der Waals surface area contributed by atoms with Gasteiger partial charge in [0.25, 0.3) is 0 Å². The summed E-state index contributed by atoms with van der Waals surface area (Å²) in [5.41, 5.74) is 2.01. The van der Waals surface area contributed by atoms with Crippen LogP contribution in [0.4, 0.5) is 13.2 Å². The first kappa shape index (κ1) is 25.9. The van der Waals surface area contributed by atoms with Crippen LogP contribution in [0.15, 0.2) is 46.9 Å². The molecule has 1 aliphatic rings. The Hall–Kier alpha value is -3.21. The van der Waals surface area contributed by atoms with E-state index in [9.17, 15) is 18.0 Å². The van der Waals surface area contributed by atoms with Gasteiger partial charge in [-0.1, -0.05) is 35.5 Å².